The molecule has 1 aliphatic rings. The molecule has 0 unspecified atom stereocenters. The highest BCUT2D eigenvalue weighted by Gasteiger charge is 2.28. The molecule has 0 amide bonds. The minimum absolute atomic E-state index is 0.0959. The van der Waals surface area contributed by atoms with E-state index in [4.69, 9.17) is 9.84 Å². The van der Waals surface area contributed by atoms with E-state index in [-0.39, 0.29) is 18.1 Å². The van der Waals surface area contributed by atoms with Crippen LogP contribution in [0.2, 0.25) is 0 Å². The third kappa shape index (κ3) is 3.39. The number of hydrogen-bond donors (Lipinski definition) is 2. The second-order valence-corrected chi connectivity index (χ2v) is 5.64. The molecule has 0 bridgehead atoms. The number of halogens is 1. The normalized spacial score (nSPS) is 16.1. The van der Waals surface area contributed by atoms with Crippen molar-refractivity contribution in [2.45, 2.75) is 13.0 Å². The van der Waals surface area contributed by atoms with E-state index in [2.05, 4.69) is 20.8 Å². The summed E-state index contributed by atoms with van der Waals surface area (Å²) in [7, 11) is 1.51. The number of nitrogens with zero attached hydrogens (tertiary/aromatic N) is 1. The van der Waals surface area contributed by atoms with E-state index in [1.54, 1.807) is 6.07 Å². The summed E-state index contributed by atoms with van der Waals surface area (Å²) in [5.74, 6) is 0.0456. The van der Waals surface area contributed by atoms with Gasteiger partial charge < -0.3 is 14.9 Å². The third-order valence-corrected chi connectivity index (χ3v) is 3.81. The molecule has 1 saturated heterocycles. The van der Waals surface area contributed by atoms with Gasteiger partial charge in [0.1, 0.15) is 0 Å². The lowest BCUT2D eigenvalue weighted by Crippen LogP contribution is -2.46. The van der Waals surface area contributed by atoms with Crippen molar-refractivity contribution in [1.29, 1.82) is 0 Å². The van der Waals surface area contributed by atoms with Gasteiger partial charge in [-0.15, -0.1) is 0 Å². The maximum absolute atomic E-state index is 10.6. The first-order valence-electron chi connectivity index (χ1n) is 5.99. The molecule has 0 aromatic heterocycles. The zero-order chi connectivity index (χ0) is 14.0. The monoisotopic (exact) mass is 329 g/mol. The maximum Gasteiger partial charge on any atom is 0.303 e. The molecule has 1 aromatic rings. The minimum atomic E-state index is -0.737. The zero-order valence-corrected chi connectivity index (χ0v) is 12.2. The number of phenolic OH excluding ortho intramolecular Hbond substituents is 1. The number of phenols is 1. The van der Waals surface area contributed by atoms with Crippen LogP contribution in [-0.4, -0.2) is 41.3 Å². The van der Waals surface area contributed by atoms with Crippen LogP contribution in [0.15, 0.2) is 16.6 Å². The topological polar surface area (TPSA) is 70.0 Å². The van der Waals surface area contributed by atoms with E-state index in [0.717, 1.165) is 25.2 Å². The van der Waals surface area contributed by atoms with Crippen LogP contribution in [0.1, 0.15) is 12.0 Å². The Kier molecular flexibility index (Phi) is 4.31. The Bertz CT molecular complexity index is 486. The molecule has 19 heavy (non-hydrogen) atoms. The molecule has 6 heteroatoms. The number of rotatable bonds is 5. The molecule has 1 aliphatic heterocycles. The molecule has 1 fully saturated rings. The summed E-state index contributed by atoms with van der Waals surface area (Å²) in [6, 6.07) is 3.65. The van der Waals surface area contributed by atoms with Gasteiger partial charge in [-0.05, 0) is 39.5 Å². The van der Waals surface area contributed by atoms with Gasteiger partial charge in [-0.25, -0.2) is 0 Å². The molecule has 2 rings (SSSR count). The first-order valence-corrected chi connectivity index (χ1v) is 6.78. The SMILES string of the molecule is COc1cc(CN2CC(CC(=O)O)C2)cc(Br)c1O. The van der Waals surface area contributed by atoms with E-state index in [1.807, 2.05) is 6.07 Å². The van der Waals surface area contributed by atoms with Gasteiger partial charge in [-0.1, -0.05) is 0 Å². The van der Waals surface area contributed by atoms with Crippen molar-refractivity contribution >= 4 is 21.9 Å². The van der Waals surface area contributed by atoms with Crippen molar-refractivity contribution < 1.29 is 19.7 Å². The van der Waals surface area contributed by atoms with Gasteiger partial charge in [0.25, 0.3) is 0 Å². The number of ether oxygens (including phenoxy) is 1. The Morgan fingerprint density at radius 3 is 2.79 bits per heavy atom. The molecule has 1 heterocycles. The predicted molar refractivity (Wildman–Crippen MR) is 73.4 cm³/mol. The molecule has 104 valence electrons. The zero-order valence-electron chi connectivity index (χ0n) is 10.6. The molecule has 5 nitrogen and oxygen atoms in total. The van der Waals surface area contributed by atoms with Crippen molar-refractivity contribution in [3.05, 3.63) is 22.2 Å². The average Bonchev–Trinajstić information content (AvgIpc) is 2.30. The summed E-state index contributed by atoms with van der Waals surface area (Å²) in [4.78, 5) is 12.7. The summed E-state index contributed by atoms with van der Waals surface area (Å²) < 4.78 is 5.70. The van der Waals surface area contributed by atoms with Gasteiger partial charge in [0.05, 0.1) is 18.0 Å². The maximum atomic E-state index is 10.6. The van der Waals surface area contributed by atoms with E-state index in [1.165, 1.54) is 7.11 Å². The predicted octanol–water partition coefficient (Wildman–Crippen LogP) is 2.07. The van der Waals surface area contributed by atoms with Crippen LogP contribution in [-0.2, 0) is 11.3 Å². The fourth-order valence-electron chi connectivity index (χ4n) is 2.31. The van der Waals surface area contributed by atoms with Gasteiger partial charge >= 0.3 is 5.97 Å². The lowest BCUT2D eigenvalue weighted by molar-refractivity contribution is -0.139. The molecule has 0 spiro atoms. The van der Waals surface area contributed by atoms with Crippen LogP contribution >= 0.6 is 15.9 Å². The van der Waals surface area contributed by atoms with Crippen LogP contribution in [0.25, 0.3) is 0 Å². The molecular formula is C13H16BrNO4. The standard InChI is InChI=1S/C13H16BrNO4/c1-19-11-3-8(2-10(14)13(11)18)5-15-6-9(7-15)4-12(16)17/h2-3,9,18H,4-7H2,1H3,(H,16,17). The van der Waals surface area contributed by atoms with Gasteiger partial charge in [0, 0.05) is 19.6 Å². The smallest absolute Gasteiger partial charge is 0.303 e. The number of carbonyl (C=O) groups is 1. The number of hydrogen-bond acceptors (Lipinski definition) is 4. The number of likely N-dealkylation sites (tertiary alicyclic amines) is 1. The fraction of sp³-hybridized carbons (Fsp3) is 0.462. The minimum Gasteiger partial charge on any atom is -0.503 e. The number of benzene rings is 1. The second kappa shape index (κ2) is 5.79. The quantitative estimate of drug-likeness (QED) is 0.865. The lowest BCUT2D eigenvalue weighted by atomic mass is 9.96. The highest BCUT2D eigenvalue weighted by atomic mass is 79.9. The Morgan fingerprint density at radius 1 is 1.53 bits per heavy atom. The number of aliphatic carboxylic acids is 1. The van der Waals surface area contributed by atoms with Crippen LogP contribution in [0, 0.1) is 5.92 Å². The van der Waals surface area contributed by atoms with Gasteiger partial charge in [-0.3, -0.25) is 9.69 Å². The second-order valence-electron chi connectivity index (χ2n) is 4.79. The van der Waals surface area contributed by atoms with Gasteiger partial charge in [0.2, 0.25) is 0 Å². The fourth-order valence-corrected chi connectivity index (χ4v) is 2.80. The van der Waals surface area contributed by atoms with Crippen molar-refractivity contribution in [2.75, 3.05) is 20.2 Å². The Balaban J connectivity index is 1.94. The average molecular weight is 330 g/mol. The first kappa shape index (κ1) is 14.1. The number of methoxy groups -OCH3 is 1. The van der Waals surface area contributed by atoms with Gasteiger partial charge in [-0.2, -0.15) is 0 Å². The largest absolute Gasteiger partial charge is 0.503 e. The number of carboxylic acid groups (broad SMARTS) is 1. The molecule has 0 aliphatic carbocycles. The van der Waals surface area contributed by atoms with Crippen LogP contribution in [0.4, 0.5) is 0 Å². The van der Waals surface area contributed by atoms with Crippen LogP contribution in [0.5, 0.6) is 11.5 Å². The lowest BCUT2D eigenvalue weighted by Gasteiger charge is -2.38. The van der Waals surface area contributed by atoms with Crippen molar-refractivity contribution in [1.82, 2.24) is 4.90 Å². The molecule has 1 aromatic carbocycles. The van der Waals surface area contributed by atoms with Crippen molar-refractivity contribution in [2.24, 2.45) is 5.92 Å². The van der Waals surface area contributed by atoms with E-state index in [0.29, 0.717) is 10.2 Å². The molecular weight excluding hydrogens is 314 g/mol. The Hall–Kier alpha value is -1.27. The van der Waals surface area contributed by atoms with E-state index in [9.17, 15) is 9.90 Å². The summed E-state index contributed by atoms with van der Waals surface area (Å²) in [5.41, 5.74) is 1.02. The highest BCUT2D eigenvalue weighted by Crippen LogP contribution is 2.36. The molecule has 0 radical (unpaired) electrons. The van der Waals surface area contributed by atoms with E-state index < -0.39 is 5.97 Å². The van der Waals surface area contributed by atoms with E-state index >= 15 is 0 Å². The molecule has 2 N–H and O–H groups in total. The number of carboxylic acids is 1. The Morgan fingerprint density at radius 2 is 2.21 bits per heavy atom. The molecule has 0 atom stereocenters. The number of aromatic hydroxyl groups is 1. The summed E-state index contributed by atoms with van der Waals surface area (Å²) >= 11 is 3.29. The summed E-state index contributed by atoms with van der Waals surface area (Å²) in [6.45, 7) is 2.32. The first-order chi connectivity index (χ1) is 8.99. The van der Waals surface area contributed by atoms with Crippen molar-refractivity contribution in [3.8, 4) is 11.5 Å². The summed E-state index contributed by atoms with van der Waals surface area (Å²) in [6.07, 6.45) is 0.235. The highest BCUT2D eigenvalue weighted by molar-refractivity contribution is 9.10. The third-order valence-electron chi connectivity index (χ3n) is 3.21. The Labute approximate surface area is 119 Å². The van der Waals surface area contributed by atoms with Crippen LogP contribution in [0.3, 0.4) is 0 Å². The van der Waals surface area contributed by atoms with Crippen LogP contribution < -0.4 is 4.74 Å². The molecule has 0 saturated carbocycles. The summed E-state index contributed by atoms with van der Waals surface area (Å²) in [5, 5.41) is 18.4. The van der Waals surface area contributed by atoms with Gasteiger partial charge in [0.15, 0.2) is 11.5 Å². The van der Waals surface area contributed by atoms with Crippen molar-refractivity contribution in [3.63, 3.8) is 0 Å².